The molecular formula is C7H10O3. The van der Waals surface area contributed by atoms with E-state index in [-0.39, 0.29) is 17.8 Å². The van der Waals surface area contributed by atoms with Crippen LogP contribution in [0.4, 0.5) is 0 Å². The van der Waals surface area contributed by atoms with Crippen LogP contribution in [0.5, 0.6) is 0 Å². The summed E-state index contributed by atoms with van der Waals surface area (Å²) in [7, 11) is 1.37. The van der Waals surface area contributed by atoms with E-state index < -0.39 is 0 Å². The first-order chi connectivity index (χ1) is 4.79. The van der Waals surface area contributed by atoms with Crippen LogP contribution in [0.25, 0.3) is 0 Å². The third-order valence-electron chi connectivity index (χ3n) is 1.83. The topological polar surface area (TPSA) is 43.4 Å². The molecule has 2 atom stereocenters. The second-order valence-electron chi connectivity index (χ2n) is 2.53. The fourth-order valence-electron chi connectivity index (χ4n) is 1.07. The molecule has 1 aliphatic carbocycles. The maximum Gasteiger partial charge on any atom is 0.308 e. The molecular weight excluding hydrogens is 132 g/mol. The lowest BCUT2D eigenvalue weighted by atomic mass is 10.2. The van der Waals surface area contributed by atoms with Gasteiger partial charge in [0.15, 0.2) is 0 Å². The smallest absolute Gasteiger partial charge is 0.308 e. The minimum atomic E-state index is -0.174. The van der Waals surface area contributed by atoms with Gasteiger partial charge in [0.05, 0.1) is 13.0 Å². The monoisotopic (exact) mass is 142 g/mol. The van der Waals surface area contributed by atoms with Crippen LogP contribution in [0.15, 0.2) is 0 Å². The summed E-state index contributed by atoms with van der Waals surface area (Å²) >= 11 is 0. The van der Waals surface area contributed by atoms with Crippen molar-refractivity contribution in [2.75, 3.05) is 7.11 Å². The number of esters is 1. The Morgan fingerprint density at radius 1 is 1.80 bits per heavy atom. The molecule has 0 N–H and O–H groups in total. The van der Waals surface area contributed by atoms with E-state index in [2.05, 4.69) is 4.74 Å². The van der Waals surface area contributed by atoms with E-state index in [9.17, 15) is 9.59 Å². The van der Waals surface area contributed by atoms with Crippen molar-refractivity contribution in [3.05, 3.63) is 0 Å². The van der Waals surface area contributed by atoms with Crippen molar-refractivity contribution < 1.29 is 14.3 Å². The van der Waals surface area contributed by atoms with E-state index in [1.807, 2.05) is 0 Å². The summed E-state index contributed by atoms with van der Waals surface area (Å²) in [6.07, 6.45) is 2.18. The molecule has 0 aromatic heterocycles. The number of carbonyl (C=O) groups is 2. The van der Waals surface area contributed by atoms with Gasteiger partial charge in [-0.15, -0.1) is 0 Å². The zero-order chi connectivity index (χ0) is 7.56. The summed E-state index contributed by atoms with van der Waals surface area (Å²) in [5.41, 5.74) is 0. The zero-order valence-electron chi connectivity index (χ0n) is 5.87. The van der Waals surface area contributed by atoms with Gasteiger partial charge in [0.1, 0.15) is 6.29 Å². The van der Waals surface area contributed by atoms with E-state index in [1.54, 1.807) is 0 Å². The molecule has 0 bridgehead atoms. The number of methoxy groups -OCH3 is 1. The van der Waals surface area contributed by atoms with Gasteiger partial charge in [0, 0.05) is 6.42 Å². The van der Waals surface area contributed by atoms with Crippen molar-refractivity contribution in [3.8, 4) is 0 Å². The summed E-state index contributed by atoms with van der Waals surface area (Å²) in [5, 5.41) is 0. The number of hydrogen-bond acceptors (Lipinski definition) is 3. The third-order valence-corrected chi connectivity index (χ3v) is 1.83. The van der Waals surface area contributed by atoms with Crippen LogP contribution < -0.4 is 0 Å². The summed E-state index contributed by atoms with van der Waals surface area (Å²) in [4.78, 5) is 20.7. The van der Waals surface area contributed by atoms with Gasteiger partial charge in [0.2, 0.25) is 0 Å². The van der Waals surface area contributed by atoms with Gasteiger partial charge in [-0.2, -0.15) is 0 Å². The second-order valence-corrected chi connectivity index (χ2v) is 2.53. The van der Waals surface area contributed by atoms with E-state index >= 15 is 0 Å². The molecule has 0 heterocycles. The lowest BCUT2D eigenvalue weighted by molar-refractivity contribution is -0.142. The van der Waals surface area contributed by atoms with Crippen molar-refractivity contribution in [1.82, 2.24) is 0 Å². The fourth-order valence-corrected chi connectivity index (χ4v) is 1.07. The Morgan fingerprint density at radius 2 is 2.50 bits per heavy atom. The fraction of sp³-hybridized carbons (Fsp3) is 0.714. The lowest BCUT2D eigenvalue weighted by Crippen LogP contribution is -2.04. The molecule has 2 unspecified atom stereocenters. The molecule has 56 valence electrons. The van der Waals surface area contributed by atoms with Crippen LogP contribution >= 0.6 is 0 Å². The van der Waals surface area contributed by atoms with Crippen molar-refractivity contribution in [3.63, 3.8) is 0 Å². The Balaban J connectivity index is 2.24. The maximum atomic E-state index is 10.7. The zero-order valence-corrected chi connectivity index (χ0v) is 5.87. The minimum Gasteiger partial charge on any atom is -0.469 e. The van der Waals surface area contributed by atoms with Gasteiger partial charge < -0.3 is 9.53 Å². The van der Waals surface area contributed by atoms with E-state index in [4.69, 9.17) is 0 Å². The second kappa shape index (κ2) is 2.82. The number of hydrogen-bond donors (Lipinski definition) is 0. The SMILES string of the molecule is COC(=O)C1CC1CC=O. The summed E-state index contributed by atoms with van der Waals surface area (Å²) in [5.74, 6) is 0.104. The molecule has 0 spiro atoms. The van der Waals surface area contributed by atoms with E-state index in [0.29, 0.717) is 6.42 Å². The number of rotatable bonds is 3. The van der Waals surface area contributed by atoms with Gasteiger partial charge >= 0.3 is 5.97 Å². The molecule has 0 aliphatic heterocycles. The highest BCUT2D eigenvalue weighted by Crippen LogP contribution is 2.41. The first kappa shape index (κ1) is 7.25. The van der Waals surface area contributed by atoms with Crippen molar-refractivity contribution in [2.24, 2.45) is 11.8 Å². The predicted molar refractivity (Wildman–Crippen MR) is 34.3 cm³/mol. The molecule has 0 amide bonds. The predicted octanol–water partition coefficient (Wildman–Crippen LogP) is 0.384. The average Bonchev–Trinajstić information content (AvgIpc) is 2.67. The Labute approximate surface area is 59.4 Å². The number of carbonyl (C=O) groups excluding carboxylic acids is 2. The van der Waals surface area contributed by atoms with Crippen molar-refractivity contribution >= 4 is 12.3 Å². The van der Waals surface area contributed by atoms with E-state index in [0.717, 1.165) is 12.7 Å². The van der Waals surface area contributed by atoms with Gasteiger partial charge in [-0.25, -0.2) is 0 Å². The standard InChI is InChI=1S/C7H10O3/c1-10-7(9)6-4-5(6)2-3-8/h3,5-6H,2,4H2,1H3. The van der Waals surface area contributed by atoms with Crippen molar-refractivity contribution in [1.29, 1.82) is 0 Å². The summed E-state index contributed by atoms with van der Waals surface area (Å²) in [6, 6.07) is 0. The normalized spacial score (nSPS) is 29.3. The molecule has 1 saturated carbocycles. The molecule has 0 radical (unpaired) electrons. The minimum absolute atomic E-state index is 0.00944. The molecule has 1 rings (SSSR count). The van der Waals surface area contributed by atoms with Crippen molar-refractivity contribution in [2.45, 2.75) is 12.8 Å². The third kappa shape index (κ3) is 1.35. The average molecular weight is 142 g/mol. The summed E-state index contributed by atoms with van der Waals surface area (Å²) < 4.78 is 4.50. The Bertz CT molecular complexity index is 153. The van der Waals surface area contributed by atoms with Crippen LogP contribution in [-0.4, -0.2) is 19.4 Å². The quantitative estimate of drug-likeness (QED) is 0.422. The molecule has 1 aliphatic rings. The first-order valence-corrected chi connectivity index (χ1v) is 3.31. The molecule has 3 nitrogen and oxygen atoms in total. The van der Waals surface area contributed by atoms with Crippen LogP contribution in [0.1, 0.15) is 12.8 Å². The Hall–Kier alpha value is -0.860. The maximum absolute atomic E-state index is 10.7. The molecule has 1 fully saturated rings. The van der Waals surface area contributed by atoms with Gasteiger partial charge in [-0.3, -0.25) is 4.79 Å². The largest absolute Gasteiger partial charge is 0.469 e. The van der Waals surface area contributed by atoms with Crippen LogP contribution in [0, 0.1) is 11.8 Å². The molecule has 0 aromatic rings. The van der Waals surface area contributed by atoms with Gasteiger partial charge in [-0.05, 0) is 12.3 Å². The molecule has 0 saturated heterocycles. The first-order valence-electron chi connectivity index (χ1n) is 3.31. The highest BCUT2D eigenvalue weighted by molar-refractivity contribution is 5.76. The lowest BCUT2D eigenvalue weighted by Gasteiger charge is -1.93. The molecule has 0 aromatic carbocycles. The Kier molecular flexibility index (Phi) is 2.04. The van der Waals surface area contributed by atoms with Crippen LogP contribution in [-0.2, 0) is 14.3 Å². The van der Waals surface area contributed by atoms with E-state index in [1.165, 1.54) is 7.11 Å². The Morgan fingerprint density at radius 3 is 3.00 bits per heavy atom. The van der Waals surface area contributed by atoms with Crippen LogP contribution in [0.3, 0.4) is 0 Å². The van der Waals surface area contributed by atoms with Crippen LogP contribution in [0.2, 0.25) is 0 Å². The highest BCUT2D eigenvalue weighted by atomic mass is 16.5. The number of ether oxygens (including phenoxy) is 1. The highest BCUT2D eigenvalue weighted by Gasteiger charge is 2.43. The number of aldehydes is 1. The summed E-state index contributed by atoms with van der Waals surface area (Å²) in [6.45, 7) is 0. The van der Waals surface area contributed by atoms with Gasteiger partial charge in [0.25, 0.3) is 0 Å². The molecule has 10 heavy (non-hydrogen) atoms. The van der Waals surface area contributed by atoms with Gasteiger partial charge in [-0.1, -0.05) is 0 Å². The molecule has 3 heteroatoms.